The summed E-state index contributed by atoms with van der Waals surface area (Å²) < 4.78 is 28.2. The average Bonchev–Trinajstić information content (AvgIpc) is 2.72. The second kappa shape index (κ2) is 6.07. The van der Waals surface area contributed by atoms with Crippen molar-refractivity contribution >= 4 is 10.0 Å². The van der Waals surface area contributed by atoms with E-state index < -0.39 is 10.0 Å². The molecule has 0 aromatic carbocycles. The largest absolute Gasteiger partial charge is 0.346 e. The van der Waals surface area contributed by atoms with Gasteiger partial charge in [-0.25, -0.2) is 12.7 Å². The zero-order chi connectivity index (χ0) is 14.8. The Morgan fingerprint density at radius 1 is 1.32 bits per heavy atom. The van der Waals surface area contributed by atoms with Crippen LogP contribution in [0.15, 0.2) is 17.2 Å². The van der Waals surface area contributed by atoms with E-state index in [4.69, 9.17) is 5.73 Å². The van der Waals surface area contributed by atoms with Crippen LogP contribution in [0.1, 0.15) is 39.4 Å². The molecule has 0 amide bonds. The third-order valence-corrected chi connectivity index (χ3v) is 4.79. The van der Waals surface area contributed by atoms with Crippen molar-refractivity contribution in [3.05, 3.63) is 18.0 Å². The van der Waals surface area contributed by atoms with Crippen molar-refractivity contribution in [2.45, 2.75) is 45.2 Å². The lowest BCUT2D eigenvalue weighted by molar-refractivity contribution is 0.417. The second-order valence-corrected chi connectivity index (χ2v) is 7.60. The Labute approximate surface area is 116 Å². The van der Waals surface area contributed by atoms with Crippen LogP contribution in [0.2, 0.25) is 0 Å². The first-order chi connectivity index (χ1) is 8.70. The first-order valence-corrected chi connectivity index (χ1v) is 8.01. The smallest absolute Gasteiger partial charge is 0.244 e. The molecular weight excluding hydrogens is 262 g/mol. The van der Waals surface area contributed by atoms with Gasteiger partial charge in [0.05, 0.1) is 0 Å². The van der Waals surface area contributed by atoms with E-state index in [-0.39, 0.29) is 6.04 Å². The topological polar surface area (TPSA) is 68.3 Å². The lowest BCUT2D eigenvalue weighted by atomic mass is 10.2. The number of sulfonamides is 1. The van der Waals surface area contributed by atoms with Gasteiger partial charge in [0, 0.05) is 38.1 Å². The summed E-state index contributed by atoms with van der Waals surface area (Å²) in [6.45, 7) is 8.85. The minimum Gasteiger partial charge on any atom is -0.346 e. The number of hydrogen-bond acceptors (Lipinski definition) is 3. The summed E-state index contributed by atoms with van der Waals surface area (Å²) in [7, 11) is -1.81. The molecule has 1 heterocycles. The van der Waals surface area contributed by atoms with E-state index in [1.165, 1.54) is 4.31 Å². The Morgan fingerprint density at radius 2 is 1.89 bits per heavy atom. The predicted molar refractivity (Wildman–Crippen MR) is 77.4 cm³/mol. The molecule has 1 rings (SSSR count). The summed E-state index contributed by atoms with van der Waals surface area (Å²) in [5.41, 5.74) is 6.51. The zero-order valence-electron chi connectivity index (χ0n) is 12.4. The minimum atomic E-state index is -3.42. The van der Waals surface area contributed by atoms with E-state index in [9.17, 15) is 8.42 Å². The van der Waals surface area contributed by atoms with Crippen molar-refractivity contribution < 1.29 is 8.42 Å². The van der Waals surface area contributed by atoms with Gasteiger partial charge in [-0.3, -0.25) is 0 Å². The maximum absolute atomic E-state index is 12.4. The molecule has 2 N–H and O–H groups in total. The molecule has 0 unspecified atom stereocenters. The van der Waals surface area contributed by atoms with Gasteiger partial charge in [-0.05, 0) is 25.8 Å². The van der Waals surface area contributed by atoms with Crippen LogP contribution in [-0.4, -0.2) is 30.9 Å². The van der Waals surface area contributed by atoms with Crippen molar-refractivity contribution in [1.82, 2.24) is 8.87 Å². The molecular formula is C13H25N3O2S. The highest BCUT2D eigenvalue weighted by atomic mass is 32.2. The maximum Gasteiger partial charge on any atom is 0.244 e. The van der Waals surface area contributed by atoms with Crippen molar-refractivity contribution in [3.8, 4) is 0 Å². The number of hydrogen-bond donors (Lipinski definition) is 1. The van der Waals surface area contributed by atoms with Gasteiger partial charge in [0.15, 0.2) is 0 Å². The molecule has 0 spiro atoms. The standard InChI is InChI=1S/C13H25N3O2S/c1-10(2)8-15(5)19(17,18)13-6-12(7-14)16(9-13)11(3)4/h6,9-11H,7-8,14H2,1-5H3. The molecule has 19 heavy (non-hydrogen) atoms. The molecule has 1 aromatic rings. The van der Waals surface area contributed by atoms with E-state index in [1.807, 2.05) is 32.3 Å². The fraction of sp³-hybridized carbons (Fsp3) is 0.692. The molecule has 0 saturated heterocycles. The third kappa shape index (κ3) is 3.58. The van der Waals surface area contributed by atoms with Crippen molar-refractivity contribution in [3.63, 3.8) is 0 Å². The van der Waals surface area contributed by atoms with Gasteiger partial charge in [-0.1, -0.05) is 13.8 Å². The molecule has 0 saturated carbocycles. The monoisotopic (exact) mass is 287 g/mol. The fourth-order valence-corrected chi connectivity index (χ4v) is 3.46. The van der Waals surface area contributed by atoms with Gasteiger partial charge in [-0.2, -0.15) is 0 Å². The van der Waals surface area contributed by atoms with Crippen LogP contribution >= 0.6 is 0 Å². The van der Waals surface area contributed by atoms with Crippen LogP contribution in [0.5, 0.6) is 0 Å². The molecule has 0 aliphatic carbocycles. The van der Waals surface area contributed by atoms with Gasteiger partial charge < -0.3 is 10.3 Å². The molecule has 0 fully saturated rings. The van der Waals surface area contributed by atoms with Gasteiger partial charge in [0.25, 0.3) is 0 Å². The van der Waals surface area contributed by atoms with Crippen LogP contribution in [-0.2, 0) is 16.6 Å². The molecule has 0 aliphatic heterocycles. The molecule has 1 aromatic heterocycles. The SMILES string of the molecule is CC(C)CN(C)S(=O)(=O)c1cc(CN)n(C(C)C)c1. The molecule has 0 radical (unpaired) electrons. The van der Waals surface area contributed by atoms with Gasteiger partial charge in [-0.15, -0.1) is 0 Å². The first kappa shape index (κ1) is 16.2. The Kier molecular flexibility index (Phi) is 5.18. The van der Waals surface area contributed by atoms with E-state index in [0.29, 0.717) is 23.9 Å². The minimum absolute atomic E-state index is 0.193. The number of rotatable bonds is 6. The Balaban J connectivity index is 3.15. The number of aromatic nitrogens is 1. The fourth-order valence-electron chi connectivity index (χ4n) is 2.07. The molecule has 110 valence electrons. The molecule has 5 nitrogen and oxygen atoms in total. The maximum atomic E-state index is 12.4. The zero-order valence-corrected chi connectivity index (χ0v) is 13.2. The van der Waals surface area contributed by atoms with Crippen LogP contribution < -0.4 is 5.73 Å². The summed E-state index contributed by atoms with van der Waals surface area (Å²) in [4.78, 5) is 0.324. The Bertz CT molecular complexity index is 518. The summed E-state index contributed by atoms with van der Waals surface area (Å²) in [6, 6.07) is 1.87. The molecule has 0 atom stereocenters. The Morgan fingerprint density at radius 3 is 2.26 bits per heavy atom. The lowest BCUT2D eigenvalue weighted by Crippen LogP contribution is -2.30. The Hall–Kier alpha value is -0.850. The highest BCUT2D eigenvalue weighted by Gasteiger charge is 2.24. The molecule has 0 bridgehead atoms. The number of nitrogens with zero attached hydrogens (tertiary/aromatic N) is 2. The van der Waals surface area contributed by atoms with Crippen LogP contribution in [0.25, 0.3) is 0 Å². The normalized spacial score (nSPS) is 12.9. The quantitative estimate of drug-likeness (QED) is 0.867. The van der Waals surface area contributed by atoms with E-state index >= 15 is 0 Å². The summed E-state index contributed by atoms with van der Waals surface area (Å²) in [5, 5.41) is 0. The second-order valence-electron chi connectivity index (χ2n) is 5.55. The van der Waals surface area contributed by atoms with Gasteiger partial charge in [0.2, 0.25) is 10.0 Å². The lowest BCUT2D eigenvalue weighted by Gasteiger charge is -2.18. The van der Waals surface area contributed by atoms with Crippen LogP contribution in [0.3, 0.4) is 0 Å². The number of nitrogens with two attached hydrogens (primary N) is 1. The van der Waals surface area contributed by atoms with E-state index in [2.05, 4.69) is 0 Å². The van der Waals surface area contributed by atoms with Crippen LogP contribution in [0, 0.1) is 5.92 Å². The first-order valence-electron chi connectivity index (χ1n) is 6.57. The van der Waals surface area contributed by atoms with Gasteiger partial charge >= 0.3 is 0 Å². The summed E-state index contributed by atoms with van der Waals surface area (Å²) in [6.07, 6.45) is 1.68. The van der Waals surface area contributed by atoms with E-state index in [0.717, 1.165) is 5.69 Å². The summed E-state index contributed by atoms with van der Waals surface area (Å²) >= 11 is 0. The van der Waals surface area contributed by atoms with E-state index in [1.54, 1.807) is 19.3 Å². The highest BCUT2D eigenvalue weighted by molar-refractivity contribution is 7.89. The predicted octanol–water partition coefficient (Wildman–Crippen LogP) is 1.80. The van der Waals surface area contributed by atoms with Crippen molar-refractivity contribution in [2.24, 2.45) is 11.7 Å². The highest BCUT2D eigenvalue weighted by Crippen LogP contribution is 2.21. The molecule has 0 aliphatic rings. The van der Waals surface area contributed by atoms with Crippen molar-refractivity contribution in [2.75, 3.05) is 13.6 Å². The van der Waals surface area contributed by atoms with Crippen molar-refractivity contribution in [1.29, 1.82) is 0 Å². The third-order valence-electron chi connectivity index (χ3n) is 3.00. The van der Waals surface area contributed by atoms with Gasteiger partial charge in [0.1, 0.15) is 4.90 Å². The van der Waals surface area contributed by atoms with Crippen LogP contribution in [0.4, 0.5) is 0 Å². The molecule has 6 heteroatoms. The average molecular weight is 287 g/mol. The summed E-state index contributed by atoms with van der Waals surface area (Å²) in [5.74, 6) is 0.293.